The Bertz CT molecular complexity index is 781. The maximum atomic E-state index is 5.25. The molecule has 0 amide bonds. The van der Waals surface area contributed by atoms with E-state index in [-0.39, 0.29) is 5.92 Å². The van der Waals surface area contributed by atoms with E-state index in [2.05, 4.69) is 20.8 Å². The molecule has 2 aromatic heterocycles. The van der Waals surface area contributed by atoms with Crippen LogP contribution in [0.1, 0.15) is 31.5 Å². The number of thioether (sulfide) groups is 1. The molecule has 1 aromatic carbocycles. The summed E-state index contributed by atoms with van der Waals surface area (Å²) in [5.74, 6) is 2.25. The predicted octanol–water partition coefficient (Wildman–Crippen LogP) is 3.48. The molecule has 122 valence electrons. The van der Waals surface area contributed by atoms with Gasteiger partial charge in [-0.25, -0.2) is 4.98 Å². The zero-order valence-corrected chi connectivity index (χ0v) is 14.3. The minimum atomic E-state index is 0.243. The molecule has 0 atom stereocenters. The van der Waals surface area contributed by atoms with Gasteiger partial charge in [0.1, 0.15) is 0 Å². The largest absolute Gasteiger partial charge is 0.383 e. The molecule has 0 radical (unpaired) electrons. The topological polar surface area (TPSA) is 66.0 Å². The van der Waals surface area contributed by atoms with E-state index in [1.54, 1.807) is 18.9 Å². The maximum Gasteiger partial charge on any atom is 0.229 e. The first-order valence-corrected chi connectivity index (χ1v) is 8.57. The molecule has 0 N–H and O–H groups in total. The monoisotopic (exact) mass is 332 g/mol. The van der Waals surface area contributed by atoms with Crippen molar-refractivity contribution in [1.29, 1.82) is 0 Å². The van der Waals surface area contributed by atoms with E-state index in [0.29, 0.717) is 24.1 Å². The van der Waals surface area contributed by atoms with Gasteiger partial charge in [-0.15, -0.1) is 0 Å². The predicted molar refractivity (Wildman–Crippen MR) is 89.6 cm³/mol. The Morgan fingerprint density at radius 1 is 1.26 bits per heavy atom. The average molecular weight is 332 g/mol. The summed E-state index contributed by atoms with van der Waals surface area (Å²) in [6.45, 7) is 5.49. The lowest BCUT2D eigenvalue weighted by Crippen LogP contribution is -2.05. The van der Waals surface area contributed by atoms with Gasteiger partial charge in [0, 0.05) is 19.6 Å². The van der Waals surface area contributed by atoms with E-state index in [1.807, 2.05) is 32.0 Å². The lowest BCUT2D eigenvalue weighted by Gasteiger charge is -2.07. The molecule has 23 heavy (non-hydrogen) atoms. The number of hydrogen-bond acceptors (Lipinski definition) is 6. The van der Waals surface area contributed by atoms with Gasteiger partial charge in [-0.3, -0.25) is 0 Å². The van der Waals surface area contributed by atoms with E-state index in [4.69, 9.17) is 14.2 Å². The Labute approximate surface area is 139 Å². The number of methoxy groups -OCH3 is 1. The van der Waals surface area contributed by atoms with Crippen molar-refractivity contribution in [1.82, 2.24) is 19.7 Å². The molecule has 6 nitrogen and oxygen atoms in total. The minimum Gasteiger partial charge on any atom is -0.383 e. The van der Waals surface area contributed by atoms with Crippen molar-refractivity contribution >= 4 is 22.8 Å². The Morgan fingerprint density at radius 3 is 2.83 bits per heavy atom. The fourth-order valence-corrected chi connectivity index (χ4v) is 3.14. The second kappa shape index (κ2) is 7.14. The maximum absolute atomic E-state index is 5.25. The fourth-order valence-electron chi connectivity index (χ4n) is 2.25. The Kier molecular flexibility index (Phi) is 4.97. The number of ether oxygens (including phenoxy) is 1. The summed E-state index contributed by atoms with van der Waals surface area (Å²) in [4.78, 5) is 9.12. The lowest BCUT2D eigenvalue weighted by molar-refractivity contribution is 0.186. The molecular weight excluding hydrogens is 312 g/mol. The second-order valence-electron chi connectivity index (χ2n) is 5.52. The van der Waals surface area contributed by atoms with Crippen LogP contribution in [-0.2, 0) is 17.0 Å². The van der Waals surface area contributed by atoms with Crippen molar-refractivity contribution in [2.24, 2.45) is 0 Å². The lowest BCUT2D eigenvalue weighted by atomic mass is 10.2. The molecule has 0 aliphatic carbocycles. The number of nitrogens with zero attached hydrogens (tertiary/aromatic N) is 4. The van der Waals surface area contributed by atoms with Crippen LogP contribution in [0, 0.1) is 0 Å². The molecular formula is C16H20N4O2S. The molecule has 2 heterocycles. The van der Waals surface area contributed by atoms with Gasteiger partial charge in [0.15, 0.2) is 11.0 Å². The van der Waals surface area contributed by atoms with Gasteiger partial charge >= 0.3 is 0 Å². The van der Waals surface area contributed by atoms with Crippen LogP contribution in [0.25, 0.3) is 11.0 Å². The van der Waals surface area contributed by atoms with E-state index in [1.165, 1.54) is 0 Å². The zero-order valence-electron chi connectivity index (χ0n) is 13.5. The molecule has 0 saturated heterocycles. The van der Waals surface area contributed by atoms with E-state index >= 15 is 0 Å². The Morgan fingerprint density at radius 2 is 2.09 bits per heavy atom. The highest BCUT2D eigenvalue weighted by Crippen LogP contribution is 2.26. The number of rotatable bonds is 7. The number of aromatic nitrogens is 4. The van der Waals surface area contributed by atoms with Crippen LogP contribution < -0.4 is 0 Å². The summed E-state index contributed by atoms with van der Waals surface area (Å²) in [6, 6.07) is 8.12. The van der Waals surface area contributed by atoms with Crippen LogP contribution in [0.15, 0.2) is 33.9 Å². The van der Waals surface area contributed by atoms with Gasteiger partial charge in [0.2, 0.25) is 5.89 Å². The molecule has 0 spiro atoms. The summed E-state index contributed by atoms with van der Waals surface area (Å²) < 4.78 is 12.6. The molecule has 7 heteroatoms. The first-order chi connectivity index (χ1) is 11.2. The third-order valence-corrected chi connectivity index (χ3v) is 4.42. The molecule has 0 fully saturated rings. The van der Waals surface area contributed by atoms with Crippen LogP contribution in [0.3, 0.4) is 0 Å². The van der Waals surface area contributed by atoms with Crippen molar-refractivity contribution in [2.45, 2.75) is 37.2 Å². The highest BCUT2D eigenvalue weighted by atomic mass is 32.2. The molecule has 0 bridgehead atoms. The van der Waals surface area contributed by atoms with Crippen LogP contribution >= 0.6 is 11.8 Å². The summed E-state index contributed by atoms with van der Waals surface area (Å²) in [7, 11) is 1.71. The third-order valence-electron chi connectivity index (χ3n) is 3.45. The highest BCUT2D eigenvalue weighted by Gasteiger charge is 2.14. The van der Waals surface area contributed by atoms with Gasteiger partial charge in [0.05, 0.1) is 23.4 Å². The van der Waals surface area contributed by atoms with Gasteiger partial charge in [-0.1, -0.05) is 42.9 Å². The van der Waals surface area contributed by atoms with Gasteiger partial charge in [-0.2, -0.15) is 4.98 Å². The van der Waals surface area contributed by atoms with Crippen molar-refractivity contribution in [2.75, 3.05) is 13.7 Å². The van der Waals surface area contributed by atoms with E-state index in [0.717, 1.165) is 22.7 Å². The SMILES string of the molecule is COCCn1c(SCc2noc(C(C)C)n2)nc2ccccc21. The summed E-state index contributed by atoms with van der Waals surface area (Å²) in [6.07, 6.45) is 0. The molecule has 3 aromatic rings. The van der Waals surface area contributed by atoms with Gasteiger partial charge in [-0.05, 0) is 12.1 Å². The molecule has 0 aliphatic rings. The number of benzene rings is 1. The fraction of sp³-hybridized carbons (Fsp3) is 0.438. The first-order valence-electron chi connectivity index (χ1n) is 7.58. The summed E-state index contributed by atoms with van der Waals surface area (Å²) in [5, 5.41) is 4.97. The van der Waals surface area contributed by atoms with Gasteiger partial charge < -0.3 is 13.8 Å². The van der Waals surface area contributed by atoms with Crippen LogP contribution in [0.5, 0.6) is 0 Å². The second-order valence-corrected chi connectivity index (χ2v) is 6.46. The standard InChI is InChI=1S/C16H20N4O2S/c1-11(2)15-18-14(19-22-15)10-23-16-17-12-6-4-5-7-13(12)20(16)8-9-21-3/h4-7,11H,8-10H2,1-3H3. The van der Waals surface area contributed by atoms with Crippen LogP contribution in [-0.4, -0.2) is 33.4 Å². The summed E-state index contributed by atoms with van der Waals surface area (Å²) in [5.41, 5.74) is 2.10. The normalized spacial score (nSPS) is 11.7. The van der Waals surface area contributed by atoms with Crippen LogP contribution in [0.2, 0.25) is 0 Å². The number of imidazole rings is 1. The average Bonchev–Trinajstić information content (AvgIpc) is 3.15. The van der Waals surface area contributed by atoms with Crippen LogP contribution in [0.4, 0.5) is 0 Å². The quantitative estimate of drug-likeness (QED) is 0.617. The smallest absolute Gasteiger partial charge is 0.229 e. The first kappa shape index (κ1) is 16.0. The number of fused-ring (bicyclic) bond motifs is 1. The summed E-state index contributed by atoms with van der Waals surface area (Å²) >= 11 is 1.61. The molecule has 0 aliphatic heterocycles. The Hall–Kier alpha value is -1.86. The van der Waals surface area contributed by atoms with Crippen molar-refractivity contribution < 1.29 is 9.26 Å². The van der Waals surface area contributed by atoms with Crippen molar-refractivity contribution in [3.8, 4) is 0 Å². The molecule has 0 unspecified atom stereocenters. The van der Waals surface area contributed by atoms with Crippen molar-refractivity contribution in [3.05, 3.63) is 36.0 Å². The minimum absolute atomic E-state index is 0.243. The van der Waals surface area contributed by atoms with E-state index < -0.39 is 0 Å². The van der Waals surface area contributed by atoms with Gasteiger partial charge in [0.25, 0.3) is 0 Å². The number of hydrogen-bond donors (Lipinski definition) is 0. The molecule has 3 rings (SSSR count). The van der Waals surface area contributed by atoms with Crippen molar-refractivity contribution in [3.63, 3.8) is 0 Å². The zero-order chi connectivity index (χ0) is 16.2. The molecule has 0 saturated carbocycles. The Balaban J connectivity index is 1.80. The highest BCUT2D eigenvalue weighted by molar-refractivity contribution is 7.98. The third kappa shape index (κ3) is 3.56. The van der Waals surface area contributed by atoms with E-state index in [9.17, 15) is 0 Å². The number of para-hydroxylation sites is 2.